The summed E-state index contributed by atoms with van der Waals surface area (Å²) < 4.78 is 5.59. The number of rotatable bonds is 10. The highest BCUT2D eigenvalue weighted by atomic mass is 16.5. The number of nitrogens with zero attached hydrogens (tertiary/aromatic N) is 3. The fourth-order valence-corrected chi connectivity index (χ4v) is 2.62. The van der Waals surface area contributed by atoms with Gasteiger partial charge in [-0.1, -0.05) is 13.3 Å². The first-order chi connectivity index (χ1) is 10.8. The molecule has 0 aliphatic carbocycles. The van der Waals surface area contributed by atoms with Gasteiger partial charge in [-0.2, -0.15) is 4.98 Å². The maximum atomic E-state index is 6.06. The second kappa shape index (κ2) is 9.46. The van der Waals surface area contributed by atoms with Crippen molar-refractivity contribution in [1.82, 2.24) is 14.9 Å². The molecule has 124 valence electrons. The molecule has 0 spiro atoms. The number of nitrogens with two attached hydrogens (primary N) is 1. The quantitative estimate of drug-likeness (QED) is 0.647. The molecule has 0 saturated carbocycles. The van der Waals surface area contributed by atoms with Gasteiger partial charge in [-0.25, -0.2) is 4.98 Å². The molecule has 2 heterocycles. The molecule has 6 heteroatoms. The molecule has 0 radical (unpaired) electrons. The number of hydrogen-bond acceptors (Lipinski definition) is 6. The van der Waals surface area contributed by atoms with Crippen molar-refractivity contribution in [2.45, 2.75) is 45.4 Å². The number of nitrogens with one attached hydrogen (secondary N) is 1. The van der Waals surface area contributed by atoms with Gasteiger partial charge in [0.25, 0.3) is 0 Å². The van der Waals surface area contributed by atoms with Crippen molar-refractivity contribution in [3.63, 3.8) is 0 Å². The van der Waals surface area contributed by atoms with Crippen molar-refractivity contribution < 1.29 is 4.74 Å². The van der Waals surface area contributed by atoms with Gasteiger partial charge in [0.05, 0.1) is 6.61 Å². The Morgan fingerprint density at radius 3 is 2.82 bits per heavy atom. The molecule has 0 amide bonds. The van der Waals surface area contributed by atoms with Gasteiger partial charge in [0.2, 0.25) is 5.88 Å². The van der Waals surface area contributed by atoms with Crippen molar-refractivity contribution >= 4 is 11.5 Å². The third-order valence-corrected chi connectivity index (χ3v) is 3.98. The molecule has 1 fully saturated rings. The molecule has 0 bridgehead atoms. The van der Waals surface area contributed by atoms with Crippen molar-refractivity contribution in [2.24, 2.45) is 0 Å². The standard InChI is InChI=1S/C16H29N5O/c1-2-3-12-22-16-14(17)15(19-13-20-16)18-8-4-5-9-21-10-6-7-11-21/h13H,2-12,17H2,1H3,(H,18,19,20). The van der Waals surface area contributed by atoms with Crippen molar-refractivity contribution in [2.75, 3.05) is 43.8 Å². The van der Waals surface area contributed by atoms with Crippen LogP contribution < -0.4 is 15.8 Å². The van der Waals surface area contributed by atoms with E-state index in [1.807, 2.05) is 0 Å². The van der Waals surface area contributed by atoms with E-state index in [4.69, 9.17) is 10.5 Å². The zero-order chi connectivity index (χ0) is 15.6. The predicted molar refractivity (Wildman–Crippen MR) is 90.2 cm³/mol. The molecule has 3 N–H and O–H groups in total. The Labute approximate surface area is 133 Å². The maximum Gasteiger partial charge on any atom is 0.242 e. The largest absolute Gasteiger partial charge is 0.476 e. The third-order valence-electron chi connectivity index (χ3n) is 3.98. The van der Waals surface area contributed by atoms with E-state index in [0.29, 0.717) is 24.0 Å². The van der Waals surface area contributed by atoms with Crippen LogP contribution in [0.15, 0.2) is 6.33 Å². The molecule has 22 heavy (non-hydrogen) atoms. The fourth-order valence-electron chi connectivity index (χ4n) is 2.62. The normalized spacial score (nSPS) is 15.1. The van der Waals surface area contributed by atoms with Crippen molar-refractivity contribution in [3.8, 4) is 5.88 Å². The molecule has 0 unspecified atom stereocenters. The summed E-state index contributed by atoms with van der Waals surface area (Å²) >= 11 is 0. The van der Waals surface area contributed by atoms with Crippen LogP contribution in [0.2, 0.25) is 0 Å². The van der Waals surface area contributed by atoms with Gasteiger partial charge in [0.15, 0.2) is 5.82 Å². The number of unbranched alkanes of at least 4 members (excludes halogenated alkanes) is 2. The molecule has 1 aliphatic rings. The van der Waals surface area contributed by atoms with Crippen LogP contribution in [0.3, 0.4) is 0 Å². The van der Waals surface area contributed by atoms with E-state index in [9.17, 15) is 0 Å². The molecular weight excluding hydrogens is 278 g/mol. The van der Waals surface area contributed by atoms with Crippen LogP contribution in [0, 0.1) is 0 Å². The van der Waals surface area contributed by atoms with Gasteiger partial charge in [0.1, 0.15) is 12.0 Å². The van der Waals surface area contributed by atoms with E-state index in [2.05, 4.69) is 27.1 Å². The summed E-state index contributed by atoms with van der Waals surface area (Å²) in [7, 11) is 0. The number of likely N-dealkylation sites (tertiary alicyclic amines) is 1. The molecule has 1 aliphatic heterocycles. The van der Waals surface area contributed by atoms with E-state index in [0.717, 1.165) is 25.8 Å². The average Bonchev–Trinajstić information content (AvgIpc) is 3.03. The number of aromatic nitrogens is 2. The molecule has 0 atom stereocenters. The minimum absolute atomic E-state index is 0.489. The van der Waals surface area contributed by atoms with E-state index >= 15 is 0 Å². The van der Waals surface area contributed by atoms with Crippen LogP contribution in [0.4, 0.5) is 11.5 Å². The molecule has 1 aromatic heterocycles. The van der Waals surface area contributed by atoms with E-state index in [1.165, 1.54) is 45.2 Å². The van der Waals surface area contributed by atoms with Gasteiger partial charge in [-0.3, -0.25) is 0 Å². The number of hydrogen-bond donors (Lipinski definition) is 2. The predicted octanol–water partition coefficient (Wildman–Crippen LogP) is 2.53. The van der Waals surface area contributed by atoms with Gasteiger partial charge >= 0.3 is 0 Å². The summed E-state index contributed by atoms with van der Waals surface area (Å²) in [6.07, 6.45) is 8.64. The van der Waals surface area contributed by atoms with Crippen LogP contribution in [0.25, 0.3) is 0 Å². The van der Waals surface area contributed by atoms with Gasteiger partial charge in [-0.15, -0.1) is 0 Å². The first-order valence-electron chi connectivity index (χ1n) is 8.50. The van der Waals surface area contributed by atoms with Crippen LogP contribution in [-0.4, -0.2) is 47.7 Å². The summed E-state index contributed by atoms with van der Waals surface area (Å²) in [4.78, 5) is 10.8. The second-order valence-electron chi connectivity index (χ2n) is 5.83. The lowest BCUT2D eigenvalue weighted by molar-refractivity contribution is 0.299. The molecule has 1 saturated heterocycles. The van der Waals surface area contributed by atoms with Crippen LogP contribution in [0.1, 0.15) is 45.4 Å². The number of ether oxygens (including phenoxy) is 1. The molecule has 0 aromatic carbocycles. The highest BCUT2D eigenvalue weighted by Crippen LogP contribution is 2.24. The first kappa shape index (κ1) is 16.8. The summed E-state index contributed by atoms with van der Waals surface area (Å²) in [5.74, 6) is 1.17. The lowest BCUT2D eigenvalue weighted by Gasteiger charge is -2.14. The van der Waals surface area contributed by atoms with Crippen LogP contribution >= 0.6 is 0 Å². The lowest BCUT2D eigenvalue weighted by atomic mass is 10.3. The van der Waals surface area contributed by atoms with Crippen molar-refractivity contribution in [3.05, 3.63) is 6.33 Å². The molecular formula is C16H29N5O. The Morgan fingerprint density at radius 1 is 1.23 bits per heavy atom. The Balaban J connectivity index is 1.69. The average molecular weight is 307 g/mol. The van der Waals surface area contributed by atoms with Crippen LogP contribution in [0.5, 0.6) is 5.88 Å². The lowest BCUT2D eigenvalue weighted by Crippen LogP contribution is -2.21. The summed E-state index contributed by atoms with van der Waals surface area (Å²) in [6, 6.07) is 0. The minimum Gasteiger partial charge on any atom is -0.476 e. The van der Waals surface area contributed by atoms with Crippen LogP contribution in [-0.2, 0) is 0 Å². The Bertz CT molecular complexity index is 435. The zero-order valence-electron chi connectivity index (χ0n) is 13.7. The molecule has 2 rings (SSSR count). The van der Waals surface area contributed by atoms with Gasteiger partial charge in [0, 0.05) is 6.54 Å². The number of anilines is 2. The van der Waals surface area contributed by atoms with Gasteiger partial charge < -0.3 is 20.7 Å². The van der Waals surface area contributed by atoms with E-state index in [1.54, 1.807) is 0 Å². The Hall–Kier alpha value is -1.56. The highest BCUT2D eigenvalue weighted by molar-refractivity contribution is 5.66. The third kappa shape index (κ3) is 5.33. The SMILES string of the molecule is CCCCOc1ncnc(NCCCCN2CCCC2)c1N. The topological polar surface area (TPSA) is 76.3 Å². The number of nitrogen functional groups attached to an aromatic ring is 1. The van der Waals surface area contributed by atoms with Crippen molar-refractivity contribution in [1.29, 1.82) is 0 Å². The summed E-state index contributed by atoms with van der Waals surface area (Å²) in [5.41, 5.74) is 6.57. The Kier molecular flexibility index (Phi) is 7.22. The van der Waals surface area contributed by atoms with E-state index in [-0.39, 0.29) is 0 Å². The smallest absolute Gasteiger partial charge is 0.242 e. The Morgan fingerprint density at radius 2 is 2.05 bits per heavy atom. The summed E-state index contributed by atoms with van der Waals surface area (Å²) in [5, 5.41) is 3.29. The molecule has 6 nitrogen and oxygen atoms in total. The maximum absolute atomic E-state index is 6.06. The first-order valence-corrected chi connectivity index (χ1v) is 8.50. The second-order valence-corrected chi connectivity index (χ2v) is 5.83. The fraction of sp³-hybridized carbons (Fsp3) is 0.750. The minimum atomic E-state index is 0.489. The molecule has 1 aromatic rings. The highest BCUT2D eigenvalue weighted by Gasteiger charge is 2.11. The monoisotopic (exact) mass is 307 g/mol. The zero-order valence-corrected chi connectivity index (χ0v) is 13.7. The summed E-state index contributed by atoms with van der Waals surface area (Å²) in [6.45, 7) is 7.39. The van der Waals surface area contributed by atoms with E-state index < -0.39 is 0 Å². The van der Waals surface area contributed by atoms with Gasteiger partial charge in [-0.05, 0) is 51.7 Å².